The summed E-state index contributed by atoms with van der Waals surface area (Å²) in [5.41, 5.74) is 0. The van der Waals surface area contributed by atoms with Gasteiger partial charge in [0.2, 0.25) is 0 Å². The van der Waals surface area contributed by atoms with Crippen molar-refractivity contribution in [2.75, 3.05) is 12.4 Å². The smallest absolute Gasteiger partial charge is 0.316 e. The number of rotatable bonds is 7. The molecule has 0 aliphatic heterocycles. The zero-order valence-corrected chi connectivity index (χ0v) is 12.2. The van der Waals surface area contributed by atoms with Crippen molar-refractivity contribution in [3.8, 4) is 5.75 Å². The molecule has 0 fully saturated rings. The molecule has 0 aliphatic carbocycles. The van der Waals surface area contributed by atoms with Gasteiger partial charge >= 0.3 is 5.97 Å². The number of thioether (sulfide) groups is 1. The molecular formula is C12H14Cl2O3S. The van der Waals surface area contributed by atoms with E-state index < -0.39 is 5.97 Å². The Labute approximate surface area is 120 Å². The van der Waals surface area contributed by atoms with Crippen LogP contribution in [0.5, 0.6) is 5.75 Å². The monoisotopic (exact) mass is 308 g/mol. The quantitative estimate of drug-likeness (QED) is 0.774. The van der Waals surface area contributed by atoms with Gasteiger partial charge in [0, 0.05) is 10.8 Å². The van der Waals surface area contributed by atoms with Crippen molar-refractivity contribution in [1.82, 2.24) is 0 Å². The Morgan fingerprint density at radius 1 is 1.50 bits per heavy atom. The van der Waals surface area contributed by atoms with Crippen LogP contribution in [0, 0.1) is 0 Å². The maximum atomic E-state index is 10.8. The first-order chi connectivity index (χ1) is 8.54. The second-order valence-corrected chi connectivity index (χ2v) is 5.68. The molecule has 1 unspecified atom stereocenters. The molecule has 0 radical (unpaired) electrons. The van der Waals surface area contributed by atoms with E-state index >= 15 is 0 Å². The summed E-state index contributed by atoms with van der Waals surface area (Å²) in [6, 6.07) is 5.00. The molecule has 100 valence electrons. The highest BCUT2D eigenvalue weighted by Crippen LogP contribution is 2.27. The van der Waals surface area contributed by atoms with Crippen molar-refractivity contribution < 1.29 is 14.6 Å². The summed E-state index contributed by atoms with van der Waals surface area (Å²) in [6.45, 7) is 2.26. The number of carbonyl (C=O) groups is 1. The molecule has 3 nitrogen and oxygen atoms in total. The molecule has 0 spiro atoms. The second kappa shape index (κ2) is 7.77. The zero-order chi connectivity index (χ0) is 13.5. The summed E-state index contributed by atoms with van der Waals surface area (Å²) >= 11 is 13.1. The molecule has 1 aromatic rings. The van der Waals surface area contributed by atoms with Gasteiger partial charge in [-0.2, -0.15) is 0 Å². The van der Waals surface area contributed by atoms with Crippen LogP contribution in [0.4, 0.5) is 0 Å². The summed E-state index contributed by atoms with van der Waals surface area (Å²) in [7, 11) is 0. The van der Waals surface area contributed by atoms with E-state index in [0.29, 0.717) is 34.6 Å². The predicted molar refractivity (Wildman–Crippen MR) is 76.1 cm³/mol. The molecule has 18 heavy (non-hydrogen) atoms. The number of hydrogen-bond acceptors (Lipinski definition) is 3. The van der Waals surface area contributed by atoms with Gasteiger partial charge in [-0.3, -0.25) is 4.79 Å². The van der Waals surface area contributed by atoms with Crippen molar-refractivity contribution in [2.45, 2.75) is 18.6 Å². The third-order valence-corrected chi connectivity index (χ3v) is 4.07. The molecule has 1 rings (SSSR count). The van der Waals surface area contributed by atoms with Crippen LogP contribution < -0.4 is 4.74 Å². The van der Waals surface area contributed by atoms with Crippen LogP contribution in [0.15, 0.2) is 18.2 Å². The summed E-state index contributed by atoms with van der Waals surface area (Å²) in [6.07, 6.45) is 0.599. The predicted octanol–water partition coefficient (Wildman–Crippen LogP) is 3.97. The fraction of sp³-hybridized carbons (Fsp3) is 0.417. The Morgan fingerprint density at radius 3 is 2.78 bits per heavy atom. The molecular weight excluding hydrogens is 295 g/mol. The van der Waals surface area contributed by atoms with E-state index in [1.54, 1.807) is 18.2 Å². The van der Waals surface area contributed by atoms with Crippen LogP contribution in [-0.2, 0) is 4.79 Å². The first kappa shape index (κ1) is 15.5. The lowest BCUT2D eigenvalue weighted by Crippen LogP contribution is -2.17. The number of carboxylic acids is 1. The van der Waals surface area contributed by atoms with Gasteiger partial charge in [-0.05, 0) is 24.6 Å². The number of halogens is 2. The molecule has 1 aromatic carbocycles. The molecule has 0 bridgehead atoms. The average molecular weight is 309 g/mol. The first-order valence-corrected chi connectivity index (χ1v) is 7.27. The molecule has 6 heteroatoms. The van der Waals surface area contributed by atoms with Crippen molar-refractivity contribution >= 4 is 40.9 Å². The molecule has 0 aliphatic rings. The zero-order valence-electron chi connectivity index (χ0n) is 9.86. The van der Waals surface area contributed by atoms with E-state index in [1.165, 1.54) is 11.8 Å². The van der Waals surface area contributed by atoms with Crippen LogP contribution in [-0.4, -0.2) is 28.7 Å². The summed E-state index contributed by atoms with van der Waals surface area (Å²) in [5, 5.41) is 9.50. The number of ether oxygens (including phenoxy) is 1. The highest BCUT2D eigenvalue weighted by molar-refractivity contribution is 8.00. The van der Waals surface area contributed by atoms with Gasteiger partial charge in [-0.1, -0.05) is 30.1 Å². The normalized spacial score (nSPS) is 12.2. The summed E-state index contributed by atoms with van der Waals surface area (Å²) in [4.78, 5) is 10.8. The highest BCUT2D eigenvalue weighted by atomic mass is 35.5. The van der Waals surface area contributed by atoms with Gasteiger partial charge in [-0.25, -0.2) is 0 Å². The lowest BCUT2D eigenvalue weighted by Gasteiger charge is -2.11. The molecule has 0 saturated carbocycles. The standard InChI is InChI=1S/C12H14Cl2O3S/c1-2-11(12(15)16)18-6-5-17-10-4-3-8(13)7-9(10)14/h3-4,7,11H,2,5-6H2,1H3,(H,15,16). The number of carboxylic acid groups (broad SMARTS) is 1. The van der Waals surface area contributed by atoms with Gasteiger partial charge in [0.1, 0.15) is 11.0 Å². The Bertz CT molecular complexity index is 412. The Balaban J connectivity index is 2.35. The minimum atomic E-state index is -0.785. The van der Waals surface area contributed by atoms with E-state index in [2.05, 4.69) is 0 Å². The van der Waals surface area contributed by atoms with Crippen LogP contribution >= 0.6 is 35.0 Å². The highest BCUT2D eigenvalue weighted by Gasteiger charge is 2.14. The summed E-state index contributed by atoms with van der Waals surface area (Å²) < 4.78 is 5.46. The molecule has 0 aromatic heterocycles. The Hall–Kier alpha value is -0.580. The van der Waals surface area contributed by atoms with Gasteiger partial charge < -0.3 is 9.84 Å². The van der Waals surface area contributed by atoms with Crippen LogP contribution in [0.25, 0.3) is 0 Å². The molecule has 1 atom stereocenters. The van der Waals surface area contributed by atoms with Gasteiger partial charge in [0.05, 0.1) is 11.6 Å². The maximum absolute atomic E-state index is 10.8. The number of aliphatic carboxylic acids is 1. The van der Waals surface area contributed by atoms with Gasteiger partial charge in [0.25, 0.3) is 0 Å². The first-order valence-electron chi connectivity index (χ1n) is 5.46. The van der Waals surface area contributed by atoms with E-state index in [1.807, 2.05) is 6.92 Å². The number of benzene rings is 1. The molecule has 0 amide bonds. The SMILES string of the molecule is CCC(SCCOc1ccc(Cl)cc1Cl)C(=O)O. The van der Waals surface area contributed by atoms with Gasteiger partial charge in [-0.15, -0.1) is 11.8 Å². The van der Waals surface area contributed by atoms with Gasteiger partial charge in [0.15, 0.2) is 0 Å². The Morgan fingerprint density at radius 2 is 2.22 bits per heavy atom. The van der Waals surface area contributed by atoms with Crippen molar-refractivity contribution in [2.24, 2.45) is 0 Å². The van der Waals surface area contributed by atoms with Crippen molar-refractivity contribution in [3.05, 3.63) is 28.2 Å². The fourth-order valence-corrected chi connectivity index (χ4v) is 2.60. The minimum absolute atomic E-state index is 0.380. The second-order valence-electron chi connectivity index (χ2n) is 3.53. The van der Waals surface area contributed by atoms with Crippen LogP contribution in [0.1, 0.15) is 13.3 Å². The van der Waals surface area contributed by atoms with E-state index in [-0.39, 0.29) is 5.25 Å². The van der Waals surface area contributed by atoms with Crippen molar-refractivity contribution in [3.63, 3.8) is 0 Å². The maximum Gasteiger partial charge on any atom is 0.316 e. The average Bonchev–Trinajstić information content (AvgIpc) is 2.31. The van der Waals surface area contributed by atoms with Crippen LogP contribution in [0.2, 0.25) is 10.0 Å². The topological polar surface area (TPSA) is 46.5 Å². The lowest BCUT2D eigenvalue weighted by molar-refractivity contribution is -0.136. The van der Waals surface area contributed by atoms with Crippen molar-refractivity contribution in [1.29, 1.82) is 0 Å². The number of hydrogen-bond donors (Lipinski definition) is 1. The Kier molecular flexibility index (Phi) is 6.68. The third-order valence-electron chi connectivity index (χ3n) is 2.20. The largest absolute Gasteiger partial charge is 0.491 e. The lowest BCUT2D eigenvalue weighted by atomic mass is 10.3. The third kappa shape index (κ3) is 4.96. The summed E-state index contributed by atoms with van der Waals surface area (Å²) in [5.74, 6) is 0.376. The molecule has 1 N–H and O–H groups in total. The molecule has 0 heterocycles. The minimum Gasteiger partial charge on any atom is -0.491 e. The van der Waals surface area contributed by atoms with E-state index in [0.717, 1.165) is 0 Å². The van der Waals surface area contributed by atoms with Crippen LogP contribution in [0.3, 0.4) is 0 Å². The fourth-order valence-electron chi connectivity index (χ4n) is 1.30. The van der Waals surface area contributed by atoms with E-state index in [9.17, 15) is 4.79 Å². The van der Waals surface area contributed by atoms with E-state index in [4.69, 9.17) is 33.0 Å². The molecule has 0 saturated heterocycles.